The summed E-state index contributed by atoms with van der Waals surface area (Å²) in [5.41, 5.74) is 7.76. The van der Waals surface area contributed by atoms with Crippen LogP contribution in [0.2, 0.25) is 0 Å². The zero-order valence-corrected chi connectivity index (χ0v) is 12.0. The predicted octanol–water partition coefficient (Wildman–Crippen LogP) is 2.68. The number of anilines is 1. The van der Waals surface area contributed by atoms with Gasteiger partial charge in [-0.3, -0.25) is 4.48 Å². The summed E-state index contributed by atoms with van der Waals surface area (Å²) in [4.78, 5) is 12.0. The maximum absolute atomic E-state index is 12.0. The highest BCUT2D eigenvalue weighted by atomic mass is 16.5. The molecule has 0 aliphatic rings. The number of carbonyl (C=O) groups excluding carboxylic acids is 1. The second-order valence-electron chi connectivity index (χ2n) is 5.52. The van der Waals surface area contributed by atoms with E-state index < -0.39 is 0 Å². The minimum atomic E-state index is -0.386. The molecule has 0 bridgehead atoms. The fraction of sp³-hybridized carbons (Fsp3) is 0.188. The van der Waals surface area contributed by atoms with Crippen LogP contribution in [0.3, 0.4) is 0 Å². The average molecular weight is 271 g/mol. The first-order valence-electron chi connectivity index (χ1n) is 6.36. The van der Waals surface area contributed by atoms with Gasteiger partial charge in [-0.1, -0.05) is 6.07 Å². The summed E-state index contributed by atoms with van der Waals surface area (Å²) in [6.07, 6.45) is 0. The summed E-state index contributed by atoms with van der Waals surface area (Å²) >= 11 is 0. The normalized spacial score (nSPS) is 11.2. The Kier molecular flexibility index (Phi) is 3.77. The number of nitrogens with two attached hydrogens (primary N) is 1. The van der Waals surface area contributed by atoms with Crippen LogP contribution in [-0.4, -0.2) is 27.1 Å². The second-order valence-corrected chi connectivity index (χ2v) is 5.52. The van der Waals surface area contributed by atoms with E-state index in [-0.39, 0.29) is 5.97 Å². The number of esters is 1. The number of hydrogen-bond donors (Lipinski definition) is 1. The number of nitrogen functional groups attached to an aromatic ring is 1. The van der Waals surface area contributed by atoms with Gasteiger partial charge >= 0.3 is 5.97 Å². The fourth-order valence-electron chi connectivity index (χ4n) is 1.75. The van der Waals surface area contributed by atoms with Crippen LogP contribution in [0, 0.1) is 0 Å². The van der Waals surface area contributed by atoms with E-state index in [1.54, 1.807) is 30.3 Å². The van der Waals surface area contributed by atoms with Crippen LogP contribution < -0.4 is 15.0 Å². The Bertz CT molecular complexity index is 613. The maximum Gasteiger partial charge on any atom is 0.343 e. The van der Waals surface area contributed by atoms with E-state index in [2.05, 4.69) is 21.1 Å². The maximum atomic E-state index is 12.0. The highest BCUT2D eigenvalue weighted by Crippen LogP contribution is 2.23. The van der Waals surface area contributed by atoms with Gasteiger partial charge in [0.05, 0.1) is 26.7 Å². The number of benzene rings is 2. The third-order valence-corrected chi connectivity index (χ3v) is 2.95. The third kappa shape index (κ3) is 3.36. The van der Waals surface area contributed by atoms with Crippen molar-refractivity contribution in [2.45, 2.75) is 0 Å². The lowest BCUT2D eigenvalue weighted by Gasteiger charge is -2.23. The lowest BCUT2D eigenvalue weighted by atomic mass is 10.2. The molecule has 0 saturated carbocycles. The van der Waals surface area contributed by atoms with Crippen LogP contribution >= 0.6 is 0 Å². The predicted molar refractivity (Wildman–Crippen MR) is 81.8 cm³/mol. The summed E-state index contributed by atoms with van der Waals surface area (Å²) < 4.78 is 6.05. The molecule has 4 heteroatoms. The van der Waals surface area contributed by atoms with Gasteiger partial charge in [-0.05, 0) is 36.4 Å². The minimum absolute atomic E-state index is 0.386. The zero-order chi connectivity index (χ0) is 14.8. The Balaban J connectivity index is 2.18. The van der Waals surface area contributed by atoms with Gasteiger partial charge < -0.3 is 10.5 Å². The lowest BCUT2D eigenvalue weighted by molar-refractivity contribution is 0.0734. The molecule has 0 atom stereocenters. The van der Waals surface area contributed by atoms with Gasteiger partial charge in [0, 0.05) is 11.8 Å². The molecule has 0 aromatic heterocycles. The second kappa shape index (κ2) is 5.35. The molecule has 2 N–H and O–H groups in total. The van der Waals surface area contributed by atoms with E-state index in [1.165, 1.54) is 0 Å². The van der Waals surface area contributed by atoms with Crippen molar-refractivity contribution in [3.05, 3.63) is 54.1 Å². The van der Waals surface area contributed by atoms with Crippen molar-refractivity contribution in [2.24, 2.45) is 0 Å². The van der Waals surface area contributed by atoms with Crippen LogP contribution in [0.4, 0.5) is 11.4 Å². The first-order valence-corrected chi connectivity index (χ1v) is 6.36. The van der Waals surface area contributed by atoms with Crippen LogP contribution in [-0.2, 0) is 0 Å². The molecule has 0 aliphatic heterocycles. The van der Waals surface area contributed by atoms with Crippen molar-refractivity contribution in [2.75, 3.05) is 26.9 Å². The lowest BCUT2D eigenvalue weighted by Crippen LogP contribution is -2.34. The van der Waals surface area contributed by atoms with Crippen molar-refractivity contribution in [1.29, 1.82) is 0 Å². The Morgan fingerprint density at radius 3 is 2.30 bits per heavy atom. The van der Waals surface area contributed by atoms with Crippen molar-refractivity contribution < 1.29 is 9.53 Å². The van der Waals surface area contributed by atoms with Crippen LogP contribution in [0.25, 0.3) is 0 Å². The Hall–Kier alpha value is -2.33. The number of ether oxygens (including phenoxy) is 1. The molecule has 0 heterocycles. The summed E-state index contributed by atoms with van der Waals surface area (Å²) in [6.45, 7) is 0. The standard InChI is InChI=1S/C16H18N2O2/c1-18(2,3)14-5-4-6-15(11-14)20-16(19)12-7-9-13(17)10-8-12/h4-11H,1-3H3,(H-,17,19)/p+1. The zero-order valence-electron chi connectivity index (χ0n) is 12.0. The number of rotatable bonds is 3. The number of nitrogens with zero attached hydrogens (tertiary/aromatic N) is 1. The Morgan fingerprint density at radius 2 is 1.70 bits per heavy atom. The topological polar surface area (TPSA) is 52.3 Å². The smallest absolute Gasteiger partial charge is 0.343 e. The molecular weight excluding hydrogens is 252 g/mol. The molecule has 4 nitrogen and oxygen atoms in total. The van der Waals surface area contributed by atoms with Gasteiger partial charge in [-0.2, -0.15) is 0 Å². The quantitative estimate of drug-likeness (QED) is 0.404. The van der Waals surface area contributed by atoms with Crippen molar-refractivity contribution in [1.82, 2.24) is 4.48 Å². The summed E-state index contributed by atoms with van der Waals surface area (Å²) in [5.74, 6) is 0.154. The molecule has 2 aromatic carbocycles. The summed E-state index contributed by atoms with van der Waals surface area (Å²) in [7, 11) is 6.17. The molecule has 0 saturated heterocycles. The molecule has 0 fully saturated rings. The molecule has 0 radical (unpaired) electrons. The van der Waals surface area contributed by atoms with E-state index in [0.717, 1.165) is 5.69 Å². The fourth-order valence-corrected chi connectivity index (χ4v) is 1.75. The number of carbonyl (C=O) groups is 1. The summed E-state index contributed by atoms with van der Waals surface area (Å²) in [5, 5.41) is 0. The van der Waals surface area contributed by atoms with E-state index in [9.17, 15) is 4.79 Å². The molecule has 0 aliphatic carbocycles. The first kappa shape index (κ1) is 14.1. The van der Waals surface area contributed by atoms with Gasteiger partial charge in [0.25, 0.3) is 0 Å². The van der Waals surface area contributed by atoms with E-state index in [4.69, 9.17) is 10.5 Å². The molecule has 20 heavy (non-hydrogen) atoms. The number of hydrogen-bond acceptors (Lipinski definition) is 3. The molecule has 0 spiro atoms. The Morgan fingerprint density at radius 1 is 1.05 bits per heavy atom. The molecule has 0 unspecified atom stereocenters. The third-order valence-electron chi connectivity index (χ3n) is 2.95. The SMILES string of the molecule is C[N+](C)(C)c1cccc(OC(=O)c2ccc(N)cc2)c1. The highest BCUT2D eigenvalue weighted by Gasteiger charge is 2.14. The molecule has 2 rings (SSSR count). The van der Waals surface area contributed by atoms with E-state index in [1.807, 2.05) is 18.2 Å². The van der Waals surface area contributed by atoms with Gasteiger partial charge in [-0.15, -0.1) is 0 Å². The van der Waals surface area contributed by atoms with Crippen molar-refractivity contribution in [3.63, 3.8) is 0 Å². The largest absolute Gasteiger partial charge is 0.423 e. The van der Waals surface area contributed by atoms with E-state index in [0.29, 0.717) is 21.5 Å². The average Bonchev–Trinajstić information content (AvgIpc) is 2.38. The van der Waals surface area contributed by atoms with E-state index >= 15 is 0 Å². The monoisotopic (exact) mass is 271 g/mol. The van der Waals surface area contributed by atoms with Gasteiger partial charge in [-0.25, -0.2) is 4.79 Å². The highest BCUT2D eigenvalue weighted by molar-refractivity contribution is 5.91. The van der Waals surface area contributed by atoms with Crippen LogP contribution in [0.15, 0.2) is 48.5 Å². The summed E-state index contributed by atoms with van der Waals surface area (Å²) in [6, 6.07) is 14.2. The molecule has 0 amide bonds. The number of quaternary nitrogens is 1. The molecule has 2 aromatic rings. The minimum Gasteiger partial charge on any atom is -0.423 e. The first-order chi connectivity index (χ1) is 9.36. The van der Waals surface area contributed by atoms with Crippen molar-refractivity contribution >= 4 is 17.3 Å². The van der Waals surface area contributed by atoms with Gasteiger partial charge in [0.1, 0.15) is 11.4 Å². The Labute approximate surface area is 119 Å². The van der Waals surface area contributed by atoms with Crippen LogP contribution in [0.5, 0.6) is 5.75 Å². The van der Waals surface area contributed by atoms with Gasteiger partial charge in [0.15, 0.2) is 0 Å². The molecular formula is C16H19N2O2+. The van der Waals surface area contributed by atoms with Gasteiger partial charge in [0.2, 0.25) is 0 Å². The van der Waals surface area contributed by atoms with Crippen molar-refractivity contribution in [3.8, 4) is 5.75 Å². The van der Waals surface area contributed by atoms with Crippen LogP contribution in [0.1, 0.15) is 10.4 Å². The molecule has 104 valence electrons.